The van der Waals surface area contributed by atoms with E-state index in [0.717, 1.165) is 5.56 Å². The molecule has 1 aromatic carbocycles. The molecule has 1 rings (SSSR count). The summed E-state index contributed by atoms with van der Waals surface area (Å²) in [5, 5.41) is 27.7. The second kappa shape index (κ2) is 14.5. The Balaban J connectivity index is 2.86. The van der Waals surface area contributed by atoms with Crippen molar-refractivity contribution in [1.29, 1.82) is 0 Å². The topological polar surface area (TPSA) is 191 Å². The Hall–Kier alpha value is -3.61. The number of carboxylic acids is 2. The third-order valence-electron chi connectivity index (χ3n) is 4.48. The highest BCUT2D eigenvalue weighted by Crippen LogP contribution is 2.06. The fourth-order valence-corrected chi connectivity index (χ4v) is 2.89. The second-order valence-corrected chi connectivity index (χ2v) is 7.83. The van der Waals surface area contributed by atoms with Gasteiger partial charge in [0.25, 0.3) is 0 Å². The first-order valence-electron chi connectivity index (χ1n) is 10.2. The molecule has 6 N–H and O–H groups in total. The fourth-order valence-electron chi connectivity index (χ4n) is 2.79. The largest absolute Gasteiger partial charge is 0.481 e. The highest BCUT2D eigenvalue weighted by atomic mass is 32.1. The van der Waals surface area contributed by atoms with Crippen molar-refractivity contribution >= 4 is 48.7 Å². The van der Waals surface area contributed by atoms with E-state index in [1.807, 2.05) is 0 Å². The molecule has 0 spiro atoms. The summed E-state index contributed by atoms with van der Waals surface area (Å²) in [5.74, 6) is -4.90. The van der Waals surface area contributed by atoms with Crippen molar-refractivity contribution in [2.24, 2.45) is 0 Å². The number of nitrogens with one attached hydrogen (secondary N) is 4. The minimum Gasteiger partial charge on any atom is -0.481 e. The van der Waals surface area contributed by atoms with Crippen LogP contribution in [0.3, 0.4) is 0 Å². The standard InChI is InChI=1S/C21H28N4O8S/c1-12(10-34)23-20(32)16(8-19(30)31)25-21(33)15(7-18(28)29)24-17(27)6-13-2-4-14(5-3-13)9-22-11-26/h2-5,11-12,15-16,34H,6-10H2,1H3,(H,22,26)(H,23,32)(H,24,27)(H,25,33)(H,28,29)(H,30,31). The second-order valence-electron chi connectivity index (χ2n) is 7.46. The Kier molecular flexibility index (Phi) is 12.1. The minimum absolute atomic E-state index is 0.163. The van der Waals surface area contributed by atoms with Crippen molar-refractivity contribution < 1.29 is 39.0 Å². The molecule has 12 nitrogen and oxygen atoms in total. The Labute approximate surface area is 201 Å². The molecule has 0 aliphatic heterocycles. The van der Waals surface area contributed by atoms with E-state index in [0.29, 0.717) is 18.5 Å². The number of carboxylic acid groups (broad SMARTS) is 2. The lowest BCUT2D eigenvalue weighted by Crippen LogP contribution is -2.56. The molecule has 3 atom stereocenters. The molecule has 0 saturated heterocycles. The third-order valence-corrected chi connectivity index (χ3v) is 5.03. The average Bonchev–Trinajstić information content (AvgIpc) is 2.76. The van der Waals surface area contributed by atoms with Crippen LogP contribution >= 0.6 is 12.6 Å². The maximum absolute atomic E-state index is 12.7. The van der Waals surface area contributed by atoms with Crippen LogP contribution in [0.2, 0.25) is 0 Å². The Morgan fingerprint density at radius 2 is 1.38 bits per heavy atom. The molecule has 186 valence electrons. The van der Waals surface area contributed by atoms with Crippen molar-refractivity contribution in [3.8, 4) is 0 Å². The van der Waals surface area contributed by atoms with Gasteiger partial charge in [0.05, 0.1) is 19.3 Å². The van der Waals surface area contributed by atoms with Gasteiger partial charge in [-0.25, -0.2) is 0 Å². The summed E-state index contributed by atoms with van der Waals surface area (Å²) in [4.78, 5) is 70.1. The number of hydrogen-bond donors (Lipinski definition) is 7. The van der Waals surface area contributed by atoms with Crippen molar-refractivity contribution in [3.63, 3.8) is 0 Å². The molecule has 4 amide bonds. The quantitative estimate of drug-likeness (QED) is 0.117. The van der Waals surface area contributed by atoms with Crippen LogP contribution in [0.25, 0.3) is 0 Å². The molecular weight excluding hydrogens is 468 g/mol. The van der Waals surface area contributed by atoms with Gasteiger partial charge in [-0.3, -0.25) is 28.8 Å². The highest BCUT2D eigenvalue weighted by Gasteiger charge is 2.30. The van der Waals surface area contributed by atoms with Crippen molar-refractivity contribution in [3.05, 3.63) is 35.4 Å². The Morgan fingerprint density at radius 3 is 1.88 bits per heavy atom. The van der Waals surface area contributed by atoms with Crippen LogP contribution in [-0.4, -0.2) is 70.2 Å². The summed E-state index contributed by atoms with van der Waals surface area (Å²) in [6.07, 6.45) is -1.12. The van der Waals surface area contributed by atoms with Crippen LogP contribution in [0, 0.1) is 0 Å². The molecule has 0 bridgehead atoms. The van der Waals surface area contributed by atoms with Gasteiger partial charge in [0.2, 0.25) is 24.1 Å². The van der Waals surface area contributed by atoms with Gasteiger partial charge in [-0.05, 0) is 18.1 Å². The number of aliphatic carboxylic acids is 2. The predicted molar refractivity (Wildman–Crippen MR) is 123 cm³/mol. The molecule has 34 heavy (non-hydrogen) atoms. The van der Waals surface area contributed by atoms with E-state index < -0.39 is 60.6 Å². The number of hydrogen-bond acceptors (Lipinski definition) is 7. The zero-order valence-electron chi connectivity index (χ0n) is 18.4. The monoisotopic (exact) mass is 496 g/mol. The predicted octanol–water partition coefficient (Wildman–Crippen LogP) is -1.17. The third kappa shape index (κ3) is 10.8. The fraction of sp³-hybridized carbons (Fsp3) is 0.429. The first-order valence-corrected chi connectivity index (χ1v) is 10.9. The first-order chi connectivity index (χ1) is 16.0. The van der Waals surface area contributed by atoms with Crippen molar-refractivity contribution in [1.82, 2.24) is 21.3 Å². The zero-order chi connectivity index (χ0) is 25.7. The highest BCUT2D eigenvalue weighted by molar-refractivity contribution is 7.80. The van der Waals surface area contributed by atoms with Crippen LogP contribution < -0.4 is 21.3 Å². The number of carbonyl (C=O) groups excluding carboxylic acids is 4. The summed E-state index contributed by atoms with van der Waals surface area (Å²) in [6.45, 7) is 1.94. The average molecular weight is 497 g/mol. The van der Waals surface area contributed by atoms with Gasteiger partial charge in [-0.1, -0.05) is 24.3 Å². The van der Waals surface area contributed by atoms with Gasteiger partial charge in [-0.2, -0.15) is 12.6 Å². The van der Waals surface area contributed by atoms with E-state index in [2.05, 4.69) is 33.9 Å². The molecule has 0 fully saturated rings. The minimum atomic E-state index is -1.53. The molecule has 13 heteroatoms. The van der Waals surface area contributed by atoms with Gasteiger partial charge in [0.15, 0.2) is 0 Å². The molecule has 0 heterocycles. The summed E-state index contributed by atoms with van der Waals surface area (Å²) in [6, 6.07) is 3.26. The van der Waals surface area contributed by atoms with E-state index in [-0.39, 0.29) is 12.2 Å². The van der Waals surface area contributed by atoms with Crippen molar-refractivity contribution in [2.45, 2.75) is 50.9 Å². The molecule has 0 radical (unpaired) electrons. The van der Waals surface area contributed by atoms with E-state index in [1.165, 1.54) is 0 Å². The summed E-state index contributed by atoms with van der Waals surface area (Å²) in [5.41, 5.74) is 1.38. The lowest BCUT2D eigenvalue weighted by atomic mass is 10.1. The SMILES string of the molecule is CC(CS)NC(=O)C(CC(=O)O)NC(=O)C(CC(=O)O)NC(=O)Cc1ccc(CNC=O)cc1. The summed E-state index contributed by atoms with van der Waals surface area (Å²) in [7, 11) is 0. The van der Waals surface area contributed by atoms with E-state index in [9.17, 15) is 28.8 Å². The Bertz CT molecular complexity index is 893. The number of thiol groups is 1. The lowest BCUT2D eigenvalue weighted by Gasteiger charge is -2.22. The normalized spacial score (nSPS) is 13.0. The van der Waals surface area contributed by atoms with Crippen LogP contribution in [0.4, 0.5) is 0 Å². The zero-order valence-corrected chi connectivity index (χ0v) is 19.3. The molecule has 0 aliphatic rings. The smallest absolute Gasteiger partial charge is 0.305 e. The van der Waals surface area contributed by atoms with Gasteiger partial charge in [-0.15, -0.1) is 0 Å². The van der Waals surface area contributed by atoms with Gasteiger partial charge in [0.1, 0.15) is 12.1 Å². The molecule has 3 unspecified atom stereocenters. The van der Waals surface area contributed by atoms with E-state index >= 15 is 0 Å². The number of rotatable bonds is 15. The van der Waals surface area contributed by atoms with Gasteiger partial charge < -0.3 is 31.5 Å². The van der Waals surface area contributed by atoms with Crippen LogP contribution in [0.5, 0.6) is 0 Å². The number of benzene rings is 1. The molecule has 0 saturated carbocycles. The maximum atomic E-state index is 12.7. The first kappa shape index (κ1) is 28.4. The molecule has 0 aliphatic carbocycles. The molecule has 1 aromatic rings. The molecular formula is C21H28N4O8S. The Morgan fingerprint density at radius 1 is 0.882 bits per heavy atom. The van der Waals surface area contributed by atoms with E-state index in [1.54, 1.807) is 31.2 Å². The van der Waals surface area contributed by atoms with Gasteiger partial charge >= 0.3 is 11.9 Å². The van der Waals surface area contributed by atoms with Crippen LogP contribution in [0.15, 0.2) is 24.3 Å². The summed E-state index contributed by atoms with van der Waals surface area (Å²) < 4.78 is 0. The van der Waals surface area contributed by atoms with Gasteiger partial charge in [0, 0.05) is 18.3 Å². The maximum Gasteiger partial charge on any atom is 0.305 e. The number of amides is 4. The van der Waals surface area contributed by atoms with Crippen molar-refractivity contribution in [2.75, 3.05) is 5.75 Å². The van der Waals surface area contributed by atoms with Crippen LogP contribution in [-0.2, 0) is 41.7 Å². The molecule has 0 aromatic heterocycles. The number of carbonyl (C=O) groups is 6. The lowest BCUT2D eigenvalue weighted by molar-refractivity contribution is -0.143. The van der Waals surface area contributed by atoms with E-state index in [4.69, 9.17) is 10.2 Å². The van der Waals surface area contributed by atoms with Crippen LogP contribution in [0.1, 0.15) is 30.9 Å². The summed E-state index contributed by atoms with van der Waals surface area (Å²) >= 11 is 4.02.